The predicted octanol–water partition coefficient (Wildman–Crippen LogP) is 10.2. The lowest BCUT2D eigenvalue weighted by Gasteiger charge is -2.25. The van der Waals surface area contributed by atoms with Crippen molar-refractivity contribution in [1.29, 1.82) is 0 Å². The van der Waals surface area contributed by atoms with E-state index in [-0.39, 0.29) is 25.5 Å². The maximum atomic E-state index is 12.8. The summed E-state index contributed by atoms with van der Waals surface area (Å²) >= 11 is 0. The monoisotopic (exact) mass is 778 g/mol. The number of phosphoric acid groups is 1. The Morgan fingerprint density at radius 1 is 0.741 bits per heavy atom. The third-order valence-corrected chi connectivity index (χ3v) is 10.1. The largest absolute Gasteiger partial charge is 0.472 e. The van der Waals surface area contributed by atoms with Crippen molar-refractivity contribution in [3.05, 3.63) is 72.9 Å². The van der Waals surface area contributed by atoms with E-state index in [0.29, 0.717) is 29.7 Å². The van der Waals surface area contributed by atoms with Crippen LogP contribution in [0.15, 0.2) is 72.9 Å². The van der Waals surface area contributed by atoms with Gasteiger partial charge < -0.3 is 24.5 Å². The number of amides is 1. The smallest absolute Gasteiger partial charge is 0.387 e. The topological polar surface area (TPSA) is 118 Å². The van der Waals surface area contributed by atoms with Gasteiger partial charge in [0, 0.05) is 6.42 Å². The second-order valence-electron chi connectivity index (χ2n) is 15.4. The van der Waals surface area contributed by atoms with E-state index in [9.17, 15) is 19.4 Å². The van der Waals surface area contributed by atoms with Gasteiger partial charge in [0.2, 0.25) is 5.91 Å². The number of nitrogens with one attached hydrogen (secondary N) is 1. The van der Waals surface area contributed by atoms with Crippen LogP contribution in [-0.2, 0) is 23.1 Å². The van der Waals surface area contributed by atoms with Gasteiger partial charge in [0.25, 0.3) is 0 Å². The summed E-state index contributed by atoms with van der Waals surface area (Å²) in [6.07, 6.45) is 44.5. The first-order valence-electron chi connectivity index (χ1n) is 20.9. The molecule has 1 aliphatic rings. The number of phosphoric ester groups is 1. The number of rotatable bonds is 35. The third-order valence-electron chi connectivity index (χ3n) is 9.10. The fourth-order valence-corrected chi connectivity index (χ4v) is 6.37. The van der Waals surface area contributed by atoms with Crippen LogP contribution in [-0.4, -0.2) is 85.6 Å². The summed E-state index contributed by atoms with van der Waals surface area (Å²) in [6, 6.07) is -0.892. The molecule has 0 aromatic carbocycles. The van der Waals surface area contributed by atoms with Crippen molar-refractivity contribution in [1.82, 2.24) is 5.32 Å². The number of hydrogen-bond donors (Lipinski definition) is 3. The Morgan fingerprint density at radius 2 is 1.28 bits per heavy atom. The molecular formula is C44H78N2O7P+. The fraction of sp³-hybridized carbons (Fsp3) is 0.705. The maximum absolute atomic E-state index is 12.8. The van der Waals surface area contributed by atoms with E-state index >= 15 is 0 Å². The van der Waals surface area contributed by atoms with Crippen molar-refractivity contribution in [3.8, 4) is 0 Å². The highest BCUT2D eigenvalue weighted by molar-refractivity contribution is 7.47. The minimum atomic E-state index is -4.36. The normalized spacial score (nSPS) is 18.9. The van der Waals surface area contributed by atoms with Gasteiger partial charge in [-0.1, -0.05) is 145 Å². The summed E-state index contributed by atoms with van der Waals surface area (Å²) in [5.74, 6) is -0.266. The minimum absolute atomic E-state index is 0.0422. The molecule has 0 aromatic heterocycles. The van der Waals surface area contributed by atoms with Crippen LogP contribution in [0.4, 0.5) is 0 Å². The van der Waals surface area contributed by atoms with Gasteiger partial charge in [-0.2, -0.15) is 0 Å². The molecule has 3 N–H and O–H groups in total. The lowest BCUT2D eigenvalue weighted by atomic mass is 10.1. The number of allylic oxidation sites excluding steroid dienone is 9. The van der Waals surface area contributed by atoms with E-state index in [1.54, 1.807) is 6.08 Å². The number of quaternary nitrogens is 1. The Morgan fingerprint density at radius 3 is 1.85 bits per heavy atom. The lowest BCUT2D eigenvalue weighted by Crippen LogP contribution is -2.45. The lowest BCUT2D eigenvalue weighted by molar-refractivity contribution is -0.870. The van der Waals surface area contributed by atoms with Crippen molar-refractivity contribution in [3.63, 3.8) is 0 Å². The van der Waals surface area contributed by atoms with Gasteiger partial charge >= 0.3 is 7.82 Å². The van der Waals surface area contributed by atoms with Gasteiger partial charge in [0.05, 0.1) is 52.1 Å². The number of aliphatic hydroxyl groups is 1. The average molecular weight is 778 g/mol. The van der Waals surface area contributed by atoms with Gasteiger partial charge in [0.1, 0.15) is 13.2 Å². The van der Waals surface area contributed by atoms with Gasteiger partial charge in [-0.15, -0.1) is 0 Å². The molecule has 1 heterocycles. The summed E-state index contributed by atoms with van der Waals surface area (Å²) in [4.78, 5) is 23.0. The molecule has 9 nitrogen and oxygen atoms in total. The minimum Gasteiger partial charge on any atom is -0.387 e. The number of carbonyl (C=O) groups is 1. The highest BCUT2D eigenvalue weighted by Crippen LogP contribution is 2.43. The zero-order valence-electron chi connectivity index (χ0n) is 34.6. The molecule has 0 spiro atoms. The Balaban J connectivity index is 2.39. The average Bonchev–Trinajstić information content (AvgIpc) is 3.87. The Labute approximate surface area is 329 Å². The Bertz CT molecular complexity index is 1170. The molecule has 1 amide bonds. The van der Waals surface area contributed by atoms with Crippen molar-refractivity contribution in [2.45, 2.75) is 160 Å². The first kappa shape index (κ1) is 49.9. The first-order valence-corrected chi connectivity index (χ1v) is 22.4. The van der Waals surface area contributed by atoms with E-state index in [0.717, 1.165) is 57.8 Å². The van der Waals surface area contributed by atoms with Gasteiger partial charge in [-0.05, 0) is 57.8 Å². The van der Waals surface area contributed by atoms with Crippen molar-refractivity contribution < 1.29 is 37.6 Å². The van der Waals surface area contributed by atoms with Crippen LogP contribution in [0.2, 0.25) is 0 Å². The zero-order chi connectivity index (χ0) is 39.8. The van der Waals surface area contributed by atoms with Gasteiger partial charge in [-0.3, -0.25) is 13.8 Å². The number of epoxide rings is 1. The molecule has 5 atom stereocenters. The standard InChI is InChI=1S/C44H77N2O7P/c1-6-8-10-11-12-13-14-17-20-23-26-30-33-41(47)40(39-52-54(49,50)51-38-37-46(3,4)5)45-44(48)36-32-28-25-22-19-16-15-18-21-24-27-31-35-43-42(53-43)34-29-9-7-2/h9,16,18-19,21,25,27-31,33,40-43,47H,6-8,10-15,17,20,22-24,26,32,34-39H2,1-5H3,(H-,45,48,49,50)/p+1/b19-16-,21-18-,28-25-,29-9-,31-27-,33-30+/t40-,41+,42?,43?/m0/s1. The van der Waals surface area contributed by atoms with Crippen molar-refractivity contribution in [2.24, 2.45) is 0 Å². The predicted molar refractivity (Wildman–Crippen MR) is 225 cm³/mol. The number of nitrogens with zero attached hydrogens (tertiary/aromatic N) is 1. The number of ether oxygens (including phenoxy) is 1. The SMILES string of the molecule is CC/C=C\CC1OC1C/C=C\C/C=C\C/C=C\C/C=C\CCC(=O)N[C@@H](COP(=O)(O)OCC[N+](C)(C)C)[C@H](O)/C=C/CCCCCCCCCCCC. The summed E-state index contributed by atoms with van der Waals surface area (Å²) in [5, 5.41) is 13.7. The van der Waals surface area contributed by atoms with Crippen LogP contribution in [0.25, 0.3) is 0 Å². The highest BCUT2D eigenvalue weighted by Gasteiger charge is 2.36. The molecule has 1 aliphatic heterocycles. The molecule has 0 saturated carbocycles. The van der Waals surface area contributed by atoms with Gasteiger partial charge in [0.15, 0.2) is 0 Å². The van der Waals surface area contributed by atoms with Crippen LogP contribution >= 0.6 is 7.82 Å². The molecule has 0 aromatic rings. The quantitative estimate of drug-likeness (QED) is 0.0193. The molecule has 0 bridgehead atoms. The maximum Gasteiger partial charge on any atom is 0.472 e. The van der Waals surface area contributed by atoms with E-state index in [1.165, 1.54) is 51.4 Å². The molecule has 1 fully saturated rings. The molecule has 0 radical (unpaired) electrons. The fourth-order valence-electron chi connectivity index (χ4n) is 5.63. The summed E-state index contributed by atoms with van der Waals surface area (Å²) in [7, 11) is 1.50. The summed E-state index contributed by atoms with van der Waals surface area (Å²) < 4.78 is 29.1. The second-order valence-corrected chi connectivity index (χ2v) is 16.8. The van der Waals surface area contributed by atoms with Crippen molar-refractivity contribution >= 4 is 13.7 Å². The van der Waals surface area contributed by atoms with Crippen LogP contribution in [0.3, 0.4) is 0 Å². The Hall–Kier alpha value is -2.10. The second kappa shape index (κ2) is 32.0. The van der Waals surface area contributed by atoms with Crippen LogP contribution in [0.5, 0.6) is 0 Å². The van der Waals surface area contributed by atoms with E-state index in [2.05, 4.69) is 67.8 Å². The number of unbranched alkanes of at least 4 members (excludes halogenated alkanes) is 10. The number of carbonyl (C=O) groups excluding carboxylic acids is 1. The van der Waals surface area contributed by atoms with E-state index in [4.69, 9.17) is 13.8 Å². The number of aliphatic hydroxyl groups excluding tert-OH is 1. The molecule has 1 rings (SSSR count). The first-order chi connectivity index (χ1) is 26.0. The number of hydrogen-bond acceptors (Lipinski definition) is 6. The molecule has 1 saturated heterocycles. The molecule has 54 heavy (non-hydrogen) atoms. The van der Waals surface area contributed by atoms with E-state index < -0.39 is 20.0 Å². The van der Waals surface area contributed by atoms with Crippen LogP contribution < -0.4 is 5.32 Å². The zero-order valence-corrected chi connectivity index (χ0v) is 35.5. The highest BCUT2D eigenvalue weighted by atomic mass is 31.2. The molecule has 0 aliphatic carbocycles. The Kier molecular flexibility index (Phi) is 29.6. The van der Waals surface area contributed by atoms with Crippen molar-refractivity contribution in [2.75, 3.05) is 40.9 Å². The molecule has 10 heteroatoms. The van der Waals surface area contributed by atoms with E-state index in [1.807, 2.05) is 39.4 Å². The van der Waals surface area contributed by atoms with Gasteiger partial charge in [-0.25, -0.2) is 4.57 Å². The summed E-state index contributed by atoms with van der Waals surface area (Å²) in [6.45, 7) is 4.59. The third kappa shape index (κ3) is 31.1. The number of likely N-dealkylation sites (N-methyl/N-ethyl adjacent to an activating group) is 1. The summed E-state index contributed by atoms with van der Waals surface area (Å²) in [5.41, 5.74) is 0. The van der Waals surface area contributed by atoms with Crippen LogP contribution in [0, 0.1) is 0 Å². The van der Waals surface area contributed by atoms with Crippen LogP contribution in [0.1, 0.15) is 136 Å². The molecular weight excluding hydrogens is 699 g/mol. The molecule has 310 valence electrons. The molecule has 3 unspecified atom stereocenters.